The molecule has 2 atom stereocenters. The molecule has 4 heteroatoms. The molecule has 1 N–H and O–H groups in total. The van der Waals surface area contributed by atoms with Crippen LogP contribution in [-0.2, 0) is 16.0 Å². The average Bonchev–Trinajstić information content (AvgIpc) is 2.36. The van der Waals surface area contributed by atoms with Gasteiger partial charge in [-0.15, -0.1) is 0 Å². The molecule has 4 nitrogen and oxygen atoms in total. The van der Waals surface area contributed by atoms with Crippen molar-refractivity contribution in [2.75, 3.05) is 7.11 Å². The van der Waals surface area contributed by atoms with Crippen LogP contribution >= 0.6 is 0 Å². The lowest BCUT2D eigenvalue weighted by Crippen LogP contribution is -2.50. The molecular formula is C15H19NO3. The van der Waals surface area contributed by atoms with E-state index in [1.54, 1.807) is 7.11 Å². The van der Waals surface area contributed by atoms with Crippen LogP contribution in [0.1, 0.15) is 25.8 Å². The zero-order chi connectivity index (χ0) is 14.0. The fraction of sp³-hybridized carbons (Fsp3) is 0.467. The Balaban J connectivity index is 2.19. The maximum Gasteiger partial charge on any atom is 0.229 e. The summed E-state index contributed by atoms with van der Waals surface area (Å²) in [4.78, 5) is 23.3. The summed E-state index contributed by atoms with van der Waals surface area (Å²) in [7, 11) is 1.63. The molecule has 1 aromatic carbocycles. The molecule has 0 bridgehead atoms. The van der Waals surface area contributed by atoms with Crippen LogP contribution < -0.4 is 10.1 Å². The third-order valence-electron chi connectivity index (χ3n) is 4.03. The molecule has 19 heavy (non-hydrogen) atoms. The second-order valence-electron chi connectivity index (χ2n) is 5.49. The lowest BCUT2D eigenvalue weighted by molar-refractivity contribution is -0.142. The van der Waals surface area contributed by atoms with E-state index in [4.69, 9.17) is 4.74 Å². The quantitative estimate of drug-likeness (QED) is 0.846. The molecule has 0 radical (unpaired) electrons. The van der Waals surface area contributed by atoms with E-state index < -0.39 is 0 Å². The Hall–Kier alpha value is -1.84. The fourth-order valence-corrected chi connectivity index (χ4v) is 2.55. The van der Waals surface area contributed by atoms with Gasteiger partial charge in [-0.1, -0.05) is 26.0 Å². The van der Waals surface area contributed by atoms with Crippen LogP contribution in [0.25, 0.3) is 0 Å². The number of amides is 2. The Morgan fingerprint density at radius 3 is 2.53 bits per heavy atom. The molecule has 1 fully saturated rings. The fourth-order valence-electron chi connectivity index (χ4n) is 2.55. The first-order chi connectivity index (χ1) is 8.94. The van der Waals surface area contributed by atoms with E-state index in [0.29, 0.717) is 12.8 Å². The van der Waals surface area contributed by atoms with Crippen molar-refractivity contribution in [3.05, 3.63) is 29.8 Å². The first-order valence-corrected chi connectivity index (χ1v) is 6.41. The molecule has 0 spiro atoms. The topological polar surface area (TPSA) is 55.4 Å². The molecule has 2 rings (SSSR count). The molecule has 1 heterocycles. The molecule has 1 saturated heterocycles. The summed E-state index contributed by atoms with van der Waals surface area (Å²) in [6.45, 7) is 3.88. The van der Waals surface area contributed by atoms with Gasteiger partial charge in [-0.3, -0.25) is 14.9 Å². The number of methoxy groups -OCH3 is 1. The lowest BCUT2D eigenvalue weighted by atomic mass is 9.69. The Bertz CT molecular complexity index is 495. The van der Waals surface area contributed by atoms with E-state index in [-0.39, 0.29) is 23.1 Å². The predicted octanol–water partition coefficient (Wildman–Crippen LogP) is 1.93. The van der Waals surface area contributed by atoms with E-state index in [1.807, 2.05) is 38.1 Å². The summed E-state index contributed by atoms with van der Waals surface area (Å²) in [5, 5.41) is 2.39. The minimum absolute atomic E-state index is 0.174. The van der Waals surface area contributed by atoms with Crippen molar-refractivity contribution >= 4 is 11.8 Å². The Labute approximate surface area is 113 Å². The largest absolute Gasteiger partial charge is 0.497 e. The van der Waals surface area contributed by atoms with Crippen molar-refractivity contribution in [1.29, 1.82) is 0 Å². The monoisotopic (exact) mass is 261 g/mol. The van der Waals surface area contributed by atoms with Crippen LogP contribution in [0.15, 0.2) is 24.3 Å². The molecular weight excluding hydrogens is 242 g/mol. The second-order valence-corrected chi connectivity index (χ2v) is 5.49. The summed E-state index contributed by atoms with van der Waals surface area (Å²) in [5.74, 6) is 0.276. The van der Waals surface area contributed by atoms with Crippen molar-refractivity contribution in [2.24, 2.45) is 11.3 Å². The van der Waals surface area contributed by atoms with Gasteiger partial charge in [0.05, 0.1) is 7.11 Å². The van der Waals surface area contributed by atoms with Crippen molar-refractivity contribution in [2.45, 2.75) is 26.7 Å². The predicted molar refractivity (Wildman–Crippen MR) is 71.7 cm³/mol. The van der Waals surface area contributed by atoms with E-state index in [9.17, 15) is 9.59 Å². The summed E-state index contributed by atoms with van der Waals surface area (Å²) >= 11 is 0. The summed E-state index contributed by atoms with van der Waals surface area (Å²) in [6.07, 6.45) is 1.09. The van der Waals surface area contributed by atoms with Gasteiger partial charge in [-0.2, -0.15) is 0 Å². The Kier molecular flexibility index (Phi) is 3.60. The number of nitrogens with one attached hydrogen (secondary N) is 1. The average molecular weight is 261 g/mol. The van der Waals surface area contributed by atoms with Gasteiger partial charge < -0.3 is 4.74 Å². The van der Waals surface area contributed by atoms with Gasteiger partial charge in [0.1, 0.15) is 5.75 Å². The normalized spacial score (nSPS) is 27.0. The first-order valence-electron chi connectivity index (χ1n) is 6.41. The van der Waals surface area contributed by atoms with Crippen LogP contribution in [0.5, 0.6) is 5.75 Å². The maximum absolute atomic E-state index is 11.8. The van der Waals surface area contributed by atoms with Gasteiger partial charge in [0.15, 0.2) is 0 Å². The van der Waals surface area contributed by atoms with Gasteiger partial charge in [-0.05, 0) is 29.5 Å². The van der Waals surface area contributed by atoms with Crippen molar-refractivity contribution in [1.82, 2.24) is 5.32 Å². The van der Waals surface area contributed by atoms with Crippen LogP contribution in [0.3, 0.4) is 0 Å². The number of benzene rings is 1. The second kappa shape index (κ2) is 5.03. The highest BCUT2D eigenvalue weighted by Gasteiger charge is 2.42. The standard InChI is InChI=1S/C15H19NO3/c1-10-14(18)16-13(17)9-15(10,2)8-11-4-6-12(19-3)7-5-11/h4-7,10H,8-9H2,1-3H3,(H,16,17,18). The lowest BCUT2D eigenvalue weighted by Gasteiger charge is -2.38. The highest BCUT2D eigenvalue weighted by Crippen LogP contribution is 2.37. The minimum Gasteiger partial charge on any atom is -0.497 e. The Morgan fingerprint density at radius 2 is 1.95 bits per heavy atom. The maximum atomic E-state index is 11.8. The smallest absolute Gasteiger partial charge is 0.229 e. The number of carbonyl (C=O) groups excluding carboxylic acids is 2. The number of imide groups is 1. The molecule has 0 aromatic heterocycles. The van der Waals surface area contributed by atoms with Crippen LogP contribution in [0.2, 0.25) is 0 Å². The number of ether oxygens (including phenoxy) is 1. The van der Waals surface area contributed by atoms with Crippen molar-refractivity contribution in [3.8, 4) is 5.75 Å². The van der Waals surface area contributed by atoms with E-state index in [2.05, 4.69) is 5.32 Å². The SMILES string of the molecule is COc1ccc(CC2(C)CC(=O)NC(=O)C2C)cc1. The van der Waals surface area contributed by atoms with Gasteiger partial charge in [0.25, 0.3) is 0 Å². The Morgan fingerprint density at radius 1 is 1.32 bits per heavy atom. The number of carbonyl (C=O) groups is 2. The third-order valence-corrected chi connectivity index (χ3v) is 4.03. The van der Waals surface area contributed by atoms with Crippen LogP contribution in [0.4, 0.5) is 0 Å². The number of hydrogen-bond acceptors (Lipinski definition) is 3. The molecule has 2 amide bonds. The van der Waals surface area contributed by atoms with E-state index in [1.165, 1.54) is 0 Å². The molecule has 0 saturated carbocycles. The van der Waals surface area contributed by atoms with E-state index in [0.717, 1.165) is 11.3 Å². The highest BCUT2D eigenvalue weighted by atomic mass is 16.5. The zero-order valence-corrected chi connectivity index (χ0v) is 11.5. The van der Waals surface area contributed by atoms with Crippen LogP contribution in [-0.4, -0.2) is 18.9 Å². The summed E-state index contributed by atoms with van der Waals surface area (Å²) < 4.78 is 5.12. The molecule has 1 aromatic rings. The first kappa shape index (κ1) is 13.6. The third kappa shape index (κ3) is 2.78. The van der Waals surface area contributed by atoms with Crippen LogP contribution in [0, 0.1) is 11.3 Å². The summed E-state index contributed by atoms with van der Waals surface area (Å²) in [6, 6.07) is 7.75. The highest BCUT2D eigenvalue weighted by molar-refractivity contribution is 5.99. The molecule has 2 unspecified atom stereocenters. The van der Waals surface area contributed by atoms with Gasteiger partial charge in [0.2, 0.25) is 11.8 Å². The molecule has 1 aliphatic rings. The van der Waals surface area contributed by atoms with Crippen molar-refractivity contribution < 1.29 is 14.3 Å². The van der Waals surface area contributed by atoms with Gasteiger partial charge in [-0.25, -0.2) is 0 Å². The molecule has 102 valence electrons. The molecule has 0 aliphatic carbocycles. The number of piperidine rings is 1. The molecule has 1 aliphatic heterocycles. The number of rotatable bonds is 3. The zero-order valence-electron chi connectivity index (χ0n) is 11.5. The van der Waals surface area contributed by atoms with Crippen molar-refractivity contribution in [3.63, 3.8) is 0 Å². The summed E-state index contributed by atoms with van der Waals surface area (Å²) in [5.41, 5.74) is 0.784. The van der Waals surface area contributed by atoms with Gasteiger partial charge >= 0.3 is 0 Å². The van der Waals surface area contributed by atoms with Gasteiger partial charge in [0, 0.05) is 12.3 Å². The number of hydrogen-bond donors (Lipinski definition) is 1. The van der Waals surface area contributed by atoms with E-state index >= 15 is 0 Å². The minimum atomic E-state index is -0.325.